The lowest BCUT2D eigenvalue weighted by Crippen LogP contribution is -2.20. The lowest BCUT2D eigenvalue weighted by atomic mass is 10.0. The van der Waals surface area contributed by atoms with Gasteiger partial charge in [0, 0.05) is 5.39 Å². The highest BCUT2D eigenvalue weighted by Gasteiger charge is 2.32. The second-order valence-corrected chi connectivity index (χ2v) is 5.16. The van der Waals surface area contributed by atoms with Crippen LogP contribution >= 0.6 is 0 Å². The highest BCUT2D eigenvalue weighted by atomic mass is 19.2. The van der Waals surface area contributed by atoms with E-state index in [2.05, 4.69) is 4.42 Å². The van der Waals surface area contributed by atoms with Crippen molar-refractivity contribution in [2.24, 2.45) is 0 Å². The fourth-order valence-electron chi connectivity index (χ4n) is 2.28. The zero-order chi connectivity index (χ0) is 20.2. The maximum atomic E-state index is 13.7. The second kappa shape index (κ2) is 6.11. The van der Waals surface area contributed by atoms with Crippen LogP contribution in [0.15, 0.2) is 21.3 Å². The molecular weight excluding hydrogens is 389 g/mol. The van der Waals surface area contributed by atoms with E-state index in [1.165, 1.54) is 0 Å². The zero-order valence-electron chi connectivity index (χ0n) is 12.5. The van der Waals surface area contributed by atoms with E-state index in [0.29, 0.717) is 12.1 Å². The van der Waals surface area contributed by atoms with Gasteiger partial charge >= 0.3 is 5.63 Å². The maximum Gasteiger partial charge on any atom is 0.347 e. The largest absolute Gasteiger partial charge is 0.503 e. The number of hydrogen-bond donors (Lipinski definition) is 1. The number of rotatable bonds is 2. The lowest BCUT2D eigenvalue weighted by molar-refractivity contribution is 0.102. The Labute approximate surface area is 143 Å². The first-order valence-electron chi connectivity index (χ1n) is 6.77. The average molecular weight is 392 g/mol. The van der Waals surface area contributed by atoms with Crippen molar-refractivity contribution in [3.05, 3.63) is 74.4 Å². The molecule has 0 amide bonds. The molecule has 2 aromatic carbocycles. The molecule has 4 nitrogen and oxygen atoms in total. The van der Waals surface area contributed by atoms with Crippen LogP contribution in [0.1, 0.15) is 15.9 Å². The third-order valence-electron chi connectivity index (χ3n) is 3.57. The van der Waals surface area contributed by atoms with E-state index in [4.69, 9.17) is 5.11 Å². The summed E-state index contributed by atoms with van der Waals surface area (Å²) in [7, 11) is 0. The minimum absolute atomic E-state index is 0.423. The Morgan fingerprint density at radius 2 is 1.33 bits per heavy atom. The minimum atomic E-state index is -2.52. The van der Waals surface area contributed by atoms with E-state index in [9.17, 15) is 40.3 Å². The van der Waals surface area contributed by atoms with Gasteiger partial charge in [0.25, 0.3) is 0 Å². The minimum Gasteiger partial charge on any atom is -0.503 e. The number of fused-ring (bicyclic) bond motifs is 1. The molecule has 140 valence electrons. The predicted octanol–water partition coefficient (Wildman–Crippen LogP) is 3.70. The first-order valence-corrected chi connectivity index (χ1v) is 6.77. The number of halogens is 7. The van der Waals surface area contributed by atoms with Gasteiger partial charge in [-0.15, -0.1) is 0 Å². The number of ketones is 1. The molecule has 0 saturated heterocycles. The van der Waals surface area contributed by atoms with Gasteiger partial charge in [-0.1, -0.05) is 0 Å². The summed E-state index contributed by atoms with van der Waals surface area (Å²) in [4.78, 5) is 24.0. The van der Waals surface area contributed by atoms with Gasteiger partial charge in [0.1, 0.15) is 11.1 Å². The van der Waals surface area contributed by atoms with Crippen LogP contribution in [0, 0.1) is 40.7 Å². The van der Waals surface area contributed by atoms with Crippen molar-refractivity contribution in [3.63, 3.8) is 0 Å². The van der Waals surface area contributed by atoms with Gasteiger partial charge in [-0.3, -0.25) is 4.79 Å². The molecule has 0 saturated carbocycles. The number of carbonyl (C=O) groups is 1. The summed E-state index contributed by atoms with van der Waals surface area (Å²) >= 11 is 0. The summed E-state index contributed by atoms with van der Waals surface area (Å²) in [5.74, 6) is -19.1. The third-order valence-corrected chi connectivity index (χ3v) is 3.57. The molecule has 0 spiro atoms. The van der Waals surface area contributed by atoms with Crippen LogP contribution in [0.4, 0.5) is 30.7 Å². The van der Waals surface area contributed by atoms with Crippen molar-refractivity contribution >= 4 is 16.8 Å². The lowest BCUT2D eigenvalue weighted by Gasteiger charge is -2.08. The molecule has 0 radical (unpaired) electrons. The standard InChI is InChI=1S/C16H3F7O4/c17-5-2-3-1-4(16(26)27-15(3)12(23)14(5)25)13(24)6-7(18)9(20)11(22)10(21)8(6)19/h1-2,25H. The van der Waals surface area contributed by atoms with Crippen molar-refractivity contribution in [3.8, 4) is 5.75 Å². The van der Waals surface area contributed by atoms with Crippen LogP contribution in [-0.4, -0.2) is 10.9 Å². The van der Waals surface area contributed by atoms with E-state index < -0.39 is 80.0 Å². The zero-order valence-corrected chi connectivity index (χ0v) is 12.5. The Kier molecular flexibility index (Phi) is 4.17. The molecule has 11 heteroatoms. The molecular formula is C16H3F7O4. The van der Waals surface area contributed by atoms with Crippen LogP contribution < -0.4 is 5.63 Å². The number of phenolic OH excluding ortho intramolecular Hbond substituents is 1. The highest BCUT2D eigenvalue weighted by Crippen LogP contribution is 2.29. The number of aromatic hydroxyl groups is 1. The van der Waals surface area contributed by atoms with Crippen LogP contribution in [0.3, 0.4) is 0 Å². The van der Waals surface area contributed by atoms with Gasteiger partial charge in [0.15, 0.2) is 40.4 Å². The number of benzene rings is 2. The Balaban J connectivity index is 2.31. The van der Waals surface area contributed by atoms with Gasteiger partial charge in [-0.05, 0) is 12.1 Å². The summed E-state index contributed by atoms with van der Waals surface area (Å²) in [6.45, 7) is 0. The first kappa shape index (κ1) is 18.4. The molecule has 1 aromatic heterocycles. The summed E-state index contributed by atoms with van der Waals surface area (Å²) < 4.78 is 98.5. The van der Waals surface area contributed by atoms with Crippen LogP contribution in [-0.2, 0) is 0 Å². The molecule has 3 aromatic rings. The molecule has 0 unspecified atom stereocenters. The molecule has 0 bridgehead atoms. The van der Waals surface area contributed by atoms with Crippen molar-refractivity contribution in [1.29, 1.82) is 0 Å². The summed E-state index contributed by atoms with van der Waals surface area (Å²) in [5, 5.41) is 8.48. The molecule has 0 aliphatic heterocycles. The van der Waals surface area contributed by atoms with Gasteiger partial charge < -0.3 is 9.52 Å². The molecule has 0 aliphatic rings. The van der Waals surface area contributed by atoms with Gasteiger partial charge in [-0.2, -0.15) is 4.39 Å². The molecule has 1 N–H and O–H groups in total. The number of phenols is 1. The topological polar surface area (TPSA) is 67.5 Å². The summed E-state index contributed by atoms with van der Waals surface area (Å²) in [6.07, 6.45) is 0. The third kappa shape index (κ3) is 2.62. The van der Waals surface area contributed by atoms with Gasteiger partial charge in [0.2, 0.25) is 17.4 Å². The molecule has 27 heavy (non-hydrogen) atoms. The van der Waals surface area contributed by atoms with Crippen molar-refractivity contribution in [2.45, 2.75) is 0 Å². The Morgan fingerprint density at radius 1 is 0.815 bits per heavy atom. The van der Waals surface area contributed by atoms with E-state index in [1.807, 2.05) is 0 Å². The van der Waals surface area contributed by atoms with E-state index >= 15 is 0 Å². The predicted molar refractivity (Wildman–Crippen MR) is 73.7 cm³/mol. The number of carbonyl (C=O) groups excluding carboxylic acids is 1. The van der Waals surface area contributed by atoms with Crippen LogP contribution in [0.2, 0.25) is 0 Å². The Bertz CT molecular complexity index is 1170. The van der Waals surface area contributed by atoms with Crippen LogP contribution in [0.5, 0.6) is 5.75 Å². The average Bonchev–Trinajstić information content (AvgIpc) is 2.63. The summed E-state index contributed by atoms with van der Waals surface area (Å²) in [5.41, 5.74) is -5.91. The smallest absolute Gasteiger partial charge is 0.347 e. The Morgan fingerprint density at radius 3 is 1.89 bits per heavy atom. The normalized spacial score (nSPS) is 11.2. The van der Waals surface area contributed by atoms with E-state index in [1.54, 1.807) is 0 Å². The fraction of sp³-hybridized carbons (Fsp3) is 0. The molecule has 0 atom stereocenters. The SMILES string of the molecule is O=C(c1c(F)c(F)c(F)c(F)c1F)c1cc2cc(F)c(O)c(F)c2oc1=O. The van der Waals surface area contributed by atoms with E-state index in [-0.39, 0.29) is 0 Å². The number of hydrogen-bond acceptors (Lipinski definition) is 4. The quantitative estimate of drug-likeness (QED) is 0.238. The highest BCUT2D eigenvalue weighted by molar-refractivity contribution is 6.10. The molecule has 1 heterocycles. The van der Waals surface area contributed by atoms with Crippen molar-refractivity contribution < 1.29 is 45.1 Å². The first-order chi connectivity index (χ1) is 12.6. The van der Waals surface area contributed by atoms with E-state index in [0.717, 1.165) is 0 Å². The van der Waals surface area contributed by atoms with Crippen molar-refractivity contribution in [1.82, 2.24) is 0 Å². The fourth-order valence-corrected chi connectivity index (χ4v) is 2.28. The summed E-state index contributed by atoms with van der Waals surface area (Å²) in [6, 6.07) is 0.846. The van der Waals surface area contributed by atoms with Gasteiger partial charge in [0.05, 0.1) is 0 Å². The van der Waals surface area contributed by atoms with Crippen molar-refractivity contribution in [2.75, 3.05) is 0 Å². The molecule has 0 fully saturated rings. The molecule has 3 rings (SSSR count). The molecule has 0 aliphatic carbocycles. The Hall–Kier alpha value is -3.37. The van der Waals surface area contributed by atoms with Crippen LogP contribution in [0.25, 0.3) is 11.0 Å². The second-order valence-electron chi connectivity index (χ2n) is 5.16. The maximum absolute atomic E-state index is 13.7. The van der Waals surface area contributed by atoms with Gasteiger partial charge in [-0.25, -0.2) is 31.1 Å². The monoisotopic (exact) mass is 392 g/mol.